The number of nitrogens with one attached hydrogen (secondary N) is 1. The second kappa shape index (κ2) is 6.12. The van der Waals surface area contributed by atoms with Crippen LogP contribution in [0.25, 0.3) is 0 Å². The summed E-state index contributed by atoms with van der Waals surface area (Å²) < 4.78 is 5.16. The van der Waals surface area contributed by atoms with Crippen molar-refractivity contribution in [3.8, 4) is 5.75 Å². The molecule has 0 aromatic heterocycles. The molecule has 0 amide bonds. The monoisotopic (exact) mass is 221 g/mol. The molecule has 1 aromatic carbocycles. The Bertz CT molecular complexity index is 361. The van der Waals surface area contributed by atoms with Gasteiger partial charge in [-0.25, -0.2) is 5.84 Å². The zero-order valence-electron chi connectivity index (χ0n) is 10.0. The number of hydrazine groups is 1. The van der Waals surface area contributed by atoms with Gasteiger partial charge in [-0.2, -0.15) is 0 Å². The van der Waals surface area contributed by atoms with E-state index in [9.17, 15) is 0 Å². The minimum absolute atomic E-state index is 0.233. The van der Waals surface area contributed by atoms with Gasteiger partial charge in [-0.05, 0) is 31.5 Å². The van der Waals surface area contributed by atoms with E-state index in [4.69, 9.17) is 10.6 Å². The first-order chi connectivity index (χ1) is 7.65. The van der Waals surface area contributed by atoms with E-state index in [0.717, 1.165) is 17.1 Å². The maximum absolute atomic E-state index is 5.43. The summed E-state index contributed by atoms with van der Waals surface area (Å²) in [7, 11) is 1.66. The minimum atomic E-state index is 0.233. The summed E-state index contributed by atoms with van der Waals surface area (Å²) in [6, 6.07) is 8.11. The lowest BCUT2D eigenvalue weighted by atomic mass is 10.1. The first kappa shape index (κ1) is 12.5. The molecule has 0 aliphatic rings. The van der Waals surface area contributed by atoms with Gasteiger partial charge in [0.15, 0.2) is 0 Å². The van der Waals surface area contributed by atoms with Crippen molar-refractivity contribution in [1.82, 2.24) is 5.43 Å². The van der Waals surface area contributed by atoms with Gasteiger partial charge in [0, 0.05) is 12.5 Å². The summed E-state index contributed by atoms with van der Waals surface area (Å²) in [5, 5.41) is 0. The maximum atomic E-state index is 5.43. The number of hydrogen-bond donors (Lipinski definition) is 2. The van der Waals surface area contributed by atoms with Crippen molar-refractivity contribution in [3.05, 3.63) is 29.8 Å². The van der Waals surface area contributed by atoms with Crippen LogP contribution in [0.2, 0.25) is 0 Å². The van der Waals surface area contributed by atoms with Crippen molar-refractivity contribution in [1.29, 1.82) is 0 Å². The van der Waals surface area contributed by atoms with Crippen LogP contribution in [-0.4, -0.2) is 19.0 Å². The number of ether oxygens (including phenoxy) is 1. The molecule has 4 heteroatoms. The van der Waals surface area contributed by atoms with E-state index in [1.807, 2.05) is 38.1 Å². The van der Waals surface area contributed by atoms with Gasteiger partial charge in [-0.1, -0.05) is 12.1 Å². The zero-order valence-corrected chi connectivity index (χ0v) is 10.0. The van der Waals surface area contributed by atoms with Crippen molar-refractivity contribution in [2.24, 2.45) is 10.8 Å². The van der Waals surface area contributed by atoms with E-state index in [0.29, 0.717) is 6.42 Å². The van der Waals surface area contributed by atoms with E-state index in [2.05, 4.69) is 10.4 Å². The molecule has 16 heavy (non-hydrogen) atoms. The van der Waals surface area contributed by atoms with Crippen molar-refractivity contribution < 1.29 is 4.74 Å². The lowest BCUT2D eigenvalue weighted by Gasteiger charge is -2.08. The minimum Gasteiger partial charge on any atom is -0.497 e. The molecule has 0 spiro atoms. The summed E-state index contributed by atoms with van der Waals surface area (Å²) >= 11 is 0. The Morgan fingerprint density at radius 1 is 1.50 bits per heavy atom. The first-order valence-electron chi connectivity index (χ1n) is 5.32. The van der Waals surface area contributed by atoms with E-state index in [1.165, 1.54) is 0 Å². The van der Waals surface area contributed by atoms with Gasteiger partial charge < -0.3 is 10.2 Å². The fourth-order valence-corrected chi connectivity index (χ4v) is 1.42. The molecule has 0 saturated carbocycles. The van der Waals surface area contributed by atoms with E-state index in [-0.39, 0.29) is 6.04 Å². The van der Waals surface area contributed by atoms with Gasteiger partial charge in [0.05, 0.1) is 7.11 Å². The van der Waals surface area contributed by atoms with Crippen LogP contribution in [0, 0.1) is 0 Å². The standard InChI is InChI=1S/C12H19N3O/c1-9(2)14-12(15-13)8-10-5-4-6-11(7-10)16-3/h4-7,9H,8,13H2,1-3H3,(H,14,15). The maximum Gasteiger partial charge on any atom is 0.119 e. The Balaban J connectivity index is 2.77. The molecule has 0 aliphatic carbocycles. The number of nitrogens with two attached hydrogens (primary N) is 1. The van der Waals surface area contributed by atoms with Crippen LogP contribution in [0.4, 0.5) is 0 Å². The third-order valence-corrected chi connectivity index (χ3v) is 2.09. The third kappa shape index (κ3) is 3.90. The van der Waals surface area contributed by atoms with Crippen LogP contribution in [0.1, 0.15) is 19.4 Å². The SMILES string of the molecule is COc1cccc(CC(=NC(C)C)NN)c1. The van der Waals surface area contributed by atoms with Crippen LogP contribution >= 0.6 is 0 Å². The normalized spacial score (nSPS) is 11.7. The molecule has 0 atom stereocenters. The molecule has 0 fully saturated rings. The molecule has 0 aliphatic heterocycles. The summed E-state index contributed by atoms with van der Waals surface area (Å²) in [6.07, 6.45) is 0.686. The molecule has 0 heterocycles. The number of aliphatic imine (C=N–C) groups is 1. The summed E-state index contributed by atoms with van der Waals surface area (Å²) in [5.74, 6) is 7.05. The lowest BCUT2D eigenvalue weighted by molar-refractivity contribution is 0.414. The lowest BCUT2D eigenvalue weighted by Crippen LogP contribution is -2.32. The molecule has 4 nitrogen and oxygen atoms in total. The highest BCUT2D eigenvalue weighted by Gasteiger charge is 2.02. The Hall–Kier alpha value is -1.55. The summed E-state index contributed by atoms with van der Waals surface area (Å²) in [4.78, 5) is 4.39. The third-order valence-electron chi connectivity index (χ3n) is 2.09. The second-order valence-electron chi connectivity index (χ2n) is 3.84. The van der Waals surface area contributed by atoms with Crippen LogP contribution in [-0.2, 0) is 6.42 Å². The van der Waals surface area contributed by atoms with Crippen LogP contribution in [0.5, 0.6) is 5.75 Å². The Kier molecular flexibility index (Phi) is 4.79. The average Bonchev–Trinajstić information content (AvgIpc) is 2.28. The number of rotatable bonds is 4. The van der Waals surface area contributed by atoms with Crippen molar-refractivity contribution in [3.63, 3.8) is 0 Å². The largest absolute Gasteiger partial charge is 0.497 e. The van der Waals surface area contributed by atoms with E-state index < -0.39 is 0 Å². The van der Waals surface area contributed by atoms with Crippen LogP contribution in [0.15, 0.2) is 29.3 Å². The van der Waals surface area contributed by atoms with Crippen molar-refractivity contribution in [2.75, 3.05) is 7.11 Å². The number of benzene rings is 1. The van der Waals surface area contributed by atoms with Crippen LogP contribution < -0.4 is 16.0 Å². The fourth-order valence-electron chi connectivity index (χ4n) is 1.42. The molecular weight excluding hydrogens is 202 g/mol. The van der Waals surface area contributed by atoms with Gasteiger partial charge in [0.25, 0.3) is 0 Å². The molecule has 1 rings (SSSR count). The van der Waals surface area contributed by atoms with E-state index in [1.54, 1.807) is 7.11 Å². The van der Waals surface area contributed by atoms with Gasteiger partial charge >= 0.3 is 0 Å². The van der Waals surface area contributed by atoms with Gasteiger partial charge in [-0.15, -0.1) is 0 Å². The number of amidine groups is 1. The quantitative estimate of drug-likeness (QED) is 0.350. The topological polar surface area (TPSA) is 59.6 Å². The number of hydrogen-bond acceptors (Lipinski definition) is 3. The van der Waals surface area contributed by atoms with Crippen molar-refractivity contribution in [2.45, 2.75) is 26.3 Å². The molecule has 1 aromatic rings. The smallest absolute Gasteiger partial charge is 0.119 e. The van der Waals surface area contributed by atoms with Gasteiger partial charge in [0.2, 0.25) is 0 Å². The second-order valence-corrected chi connectivity index (χ2v) is 3.84. The molecule has 0 radical (unpaired) electrons. The predicted molar refractivity (Wildman–Crippen MR) is 66.6 cm³/mol. The highest BCUT2D eigenvalue weighted by atomic mass is 16.5. The molecule has 0 unspecified atom stereocenters. The molecule has 88 valence electrons. The zero-order chi connectivity index (χ0) is 12.0. The van der Waals surface area contributed by atoms with Gasteiger partial charge in [-0.3, -0.25) is 4.99 Å². The van der Waals surface area contributed by atoms with Gasteiger partial charge in [0.1, 0.15) is 11.6 Å². The summed E-state index contributed by atoms with van der Waals surface area (Å²) in [6.45, 7) is 4.03. The Morgan fingerprint density at radius 2 is 2.25 bits per heavy atom. The average molecular weight is 221 g/mol. The first-order valence-corrected chi connectivity index (χ1v) is 5.32. The summed E-state index contributed by atoms with van der Waals surface area (Å²) in [5.41, 5.74) is 3.75. The molecule has 0 saturated heterocycles. The Morgan fingerprint density at radius 3 is 2.81 bits per heavy atom. The fraction of sp³-hybridized carbons (Fsp3) is 0.417. The molecular formula is C12H19N3O. The predicted octanol–water partition coefficient (Wildman–Crippen LogP) is 1.51. The molecule has 0 bridgehead atoms. The van der Waals surface area contributed by atoms with E-state index >= 15 is 0 Å². The number of methoxy groups -OCH3 is 1. The van der Waals surface area contributed by atoms with Crippen molar-refractivity contribution >= 4 is 5.84 Å². The van der Waals surface area contributed by atoms with Crippen LogP contribution in [0.3, 0.4) is 0 Å². The molecule has 3 N–H and O–H groups in total. The Labute approximate surface area is 96.5 Å². The highest BCUT2D eigenvalue weighted by molar-refractivity contribution is 5.84. The highest BCUT2D eigenvalue weighted by Crippen LogP contribution is 2.13. The number of nitrogens with zero attached hydrogens (tertiary/aromatic N) is 1.